The van der Waals surface area contributed by atoms with Gasteiger partial charge in [-0.2, -0.15) is 0 Å². The highest BCUT2D eigenvalue weighted by molar-refractivity contribution is 5.66. The van der Waals surface area contributed by atoms with E-state index < -0.39 is 6.29 Å². The molecule has 3 heteroatoms. The lowest BCUT2D eigenvalue weighted by molar-refractivity contribution is -0.165. The van der Waals surface area contributed by atoms with E-state index >= 15 is 0 Å². The van der Waals surface area contributed by atoms with Crippen LogP contribution in [0, 0.1) is 0 Å². The van der Waals surface area contributed by atoms with Crippen molar-refractivity contribution in [2.75, 3.05) is 0 Å². The number of fused-ring (bicyclic) bond motifs is 1. The summed E-state index contributed by atoms with van der Waals surface area (Å²) in [4.78, 5) is 10.9. The Morgan fingerprint density at radius 2 is 2.07 bits per heavy atom. The molecular formula is C12H14O3. The molecule has 0 saturated heterocycles. The molecule has 1 aromatic carbocycles. The summed E-state index contributed by atoms with van der Waals surface area (Å²) in [6.07, 6.45) is -0.521. The van der Waals surface area contributed by atoms with Gasteiger partial charge in [-0.15, -0.1) is 0 Å². The molecule has 2 rings (SSSR count). The third-order valence-electron chi connectivity index (χ3n) is 2.68. The van der Waals surface area contributed by atoms with Crippen molar-refractivity contribution >= 4 is 5.97 Å². The van der Waals surface area contributed by atoms with E-state index in [2.05, 4.69) is 0 Å². The van der Waals surface area contributed by atoms with Crippen LogP contribution in [0.1, 0.15) is 26.3 Å². The number of para-hydroxylation sites is 1. The molecule has 15 heavy (non-hydrogen) atoms. The Morgan fingerprint density at radius 3 is 2.67 bits per heavy atom. The highest BCUT2D eigenvalue weighted by Gasteiger charge is 2.43. The number of benzene rings is 1. The molecule has 0 amide bonds. The second kappa shape index (κ2) is 3.26. The monoisotopic (exact) mass is 206 g/mol. The summed E-state index contributed by atoms with van der Waals surface area (Å²) in [5.41, 5.74) is 0.790. The second-order valence-electron chi connectivity index (χ2n) is 4.28. The van der Waals surface area contributed by atoms with E-state index in [0.29, 0.717) is 0 Å². The summed E-state index contributed by atoms with van der Waals surface area (Å²) in [7, 11) is 0. The molecule has 0 aromatic heterocycles. The van der Waals surface area contributed by atoms with Crippen LogP contribution in [0.2, 0.25) is 0 Å². The van der Waals surface area contributed by atoms with Crippen molar-refractivity contribution in [3.8, 4) is 5.75 Å². The number of ether oxygens (including phenoxy) is 2. The quantitative estimate of drug-likeness (QED) is 0.661. The van der Waals surface area contributed by atoms with Crippen LogP contribution in [0.4, 0.5) is 0 Å². The maximum atomic E-state index is 10.9. The average molecular weight is 206 g/mol. The van der Waals surface area contributed by atoms with Crippen LogP contribution in [0.25, 0.3) is 0 Å². The minimum Gasteiger partial charge on any atom is -0.454 e. The van der Waals surface area contributed by atoms with E-state index in [1.165, 1.54) is 6.92 Å². The topological polar surface area (TPSA) is 35.5 Å². The van der Waals surface area contributed by atoms with Gasteiger partial charge in [-0.3, -0.25) is 4.79 Å². The first-order valence-electron chi connectivity index (χ1n) is 4.95. The third kappa shape index (κ3) is 1.58. The zero-order valence-electron chi connectivity index (χ0n) is 9.11. The van der Waals surface area contributed by atoms with E-state index in [4.69, 9.17) is 9.47 Å². The van der Waals surface area contributed by atoms with Gasteiger partial charge in [0, 0.05) is 12.5 Å². The Morgan fingerprint density at radius 1 is 1.40 bits per heavy atom. The minimum atomic E-state index is -0.521. The molecule has 1 aliphatic heterocycles. The van der Waals surface area contributed by atoms with E-state index in [0.717, 1.165) is 11.3 Å². The molecule has 1 heterocycles. The number of hydrogen-bond acceptors (Lipinski definition) is 3. The minimum absolute atomic E-state index is 0.289. The summed E-state index contributed by atoms with van der Waals surface area (Å²) in [6, 6.07) is 7.75. The molecule has 0 N–H and O–H groups in total. The standard InChI is InChI=1S/C12H14O3/c1-8(13)14-11-12(2,3)9-6-4-5-7-10(9)15-11/h4-7,11H,1-3H3. The number of rotatable bonds is 1. The van der Waals surface area contributed by atoms with Gasteiger partial charge < -0.3 is 9.47 Å². The van der Waals surface area contributed by atoms with Crippen molar-refractivity contribution in [1.29, 1.82) is 0 Å². The van der Waals surface area contributed by atoms with Crippen LogP contribution in [0.3, 0.4) is 0 Å². The number of carbonyl (C=O) groups is 1. The van der Waals surface area contributed by atoms with Crippen LogP contribution in [-0.2, 0) is 14.9 Å². The first-order chi connectivity index (χ1) is 7.01. The van der Waals surface area contributed by atoms with E-state index in [9.17, 15) is 4.79 Å². The predicted octanol–water partition coefficient (Wildman–Crippen LogP) is 2.25. The Hall–Kier alpha value is -1.51. The summed E-state index contributed by atoms with van der Waals surface area (Å²) >= 11 is 0. The molecule has 1 aromatic rings. The largest absolute Gasteiger partial charge is 0.454 e. The summed E-state index contributed by atoms with van der Waals surface area (Å²) < 4.78 is 10.7. The molecular weight excluding hydrogens is 192 g/mol. The predicted molar refractivity (Wildman–Crippen MR) is 55.7 cm³/mol. The molecule has 80 valence electrons. The summed E-state index contributed by atoms with van der Waals surface area (Å²) in [6.45, 7) is 5.40. The fourth-order valence-electron chi connectivity index (χ4n) is 1.81. The molecule has 0 spiro atoms. The number of carbonyl (C=O) groups excluding carboxylic acids is 1. The highest BCUT2D eigenvalue weighted by atomic mass is 16.7. The number of esters is 1. The van der Waals surface area contributed by atoms with Crippen LogP contribution in [0.5, 0.6) is 5.75 Å². The fourth-order valence-corrected chi connectivity index (χ4v) is 1.81. The summed E-state index contributed by atoms with van der Waals surface area (Å²) in [5, 5.41) is 0. The van der Waals surface area contributed by atoms with E-state index in [-0.39, 0.29) is 11.4 Å². The van der Waals surface area contributed by atoms with E-state index in [1.54, 1.807) is 0 Å². The molecule has 0 radical (unpaired) electrons. The lowest BCUT2D eigenvalue weighted by atomic mass is 9.85. The normalized spacial score (nSPS) is 21.7. The number of hydrogen-bond donors (Lipinski definition) is 0. The first-order valence-corrected chi connectivity index (χ1v) is 4.95. The smallest absolute Gasteiger partial charge is 0.305 e. The first kappa shape index (κ1) is 10.0. The molecule has 3 nitrogen and oxygen atoms in total. The second-order valence-corrected chi connectivity index (χ2v) is 4.28. The van der Waals surface area contributed by atoms with Gasteiger partial charge in [-0.1, -0.05) is 18.2 Å². The Bertz CT molecular complexity index is 396. The zero-order valence-corrected chi connectivity index (χ0v) is 9.11. The molecule has 1 atom stereocenters. The van der Waals surface area contributed by atoms with Gasteiger partial charge in [0.2, 0.25) is 0 Å². The van der Waals surface area contributed by atoms with Crippen LogP contribution < -0.4 is 4.74 Å². The van der Waals surface area contributed by atoms with Crippen LogP contribution in [0.15, 0.2) is 24.3 Å². The van der Waals surface area contributed by atoms with Crippen molar-refractivity contribution in [3.05, 3.63) is 29.8 Å². The molecule has 1 unspecified atom stereocenters. The van der Waals surface area contributed by atoms with Crippen LogP contribution >= 0.6 is 0 Å². The van der Waals surface area contributed by atoms with Crippen molar-refractivity contribution in [2.45, 2.75) is 32.5 Å². The summed E-state index contributed by atoms with van der Waals surface area (Å²) in [5.74, 6) is 0.481. The van der Waals surface area contributed by atoms with Crippen molar-refractivity contribution < 1.29 is 14.3 Å². The zero-order chi connectivity index (χ0) is 11.1. The SMILES string of the molecule is CC(=O)OC1Oc2ccccc2C1(C)C. The van der Waals surface area contributed by atoms with Gasteiger partial charge in [0.25, 0.3) is 6.29 Å². The van der Waals surface area contributed by atoms with Crippen molar-refractivity contribution in [2.24, 2.45) is 0 Å². The van der Waals surface area contributed by atoms with Crippen LogP contribution in [-0.4, -0.2) is 12.3 Å². The average Bonchev–Trinajstić information content (AvgIpc) is 2.39. The molecule has 0 saturated carbocycles. The molecule has 0 aliphatic carbocycles. The van der Waals surface area contributed by atoms with Gasteiger partial charge in [-0.05, 0) is 19.9 Å². The van der Waals surface area contributed by atoms with Gasteiger partial charge in [0.1, 0.15) is 5.75 Å². The van der Waals surface area contributed by atoms with Gasteiger partial charge in [-0.25, -0.2) is 0 Å². The fraction of sp³-hybridized carbons (Fsp3) is 0.417. The Labute approximate surface area is 89.0 Å². The van der Waals surface area contributed by atoms with Gasteiger partial charge >= 0.3 is 5.97 Å². The van der Waals surface area contributed by atoms with E-state index in [1.807, 2.05) is 38.1 Å². The van der Waals surface area contributed by atoms with Crippen molar-refractivity contribution in [1.82, 2.24) is 0 Å². The highest BCUT2D eigenvalue weighted by Crippen LogP contribution is 2.42. The maximum Gasteiger partial charge on any atom is 0.305 e. The molecule has 1 aliphatic rings. The molecule has 0 bridgehead atoms. The maximum absolute atomic E-state index is 10.9. The lowest BCUT2D eigenvalue weighted by Crippen LogP contribution is -2.35. The Balaban J connectivity index is 2.34. The van der Waals surface area contributed by atoms with Crippen molar-refractivity contribution in [3.63, 3.8) is 0 Å². The lowest BCUT2D eigenvalue weighted by Gasteiger charge is -2.24. The third-order valence-corrected chi connectivity index (χ3v) is 2.68. The Kier molecular flexibility index (Phi) is 2.18. The van der Waals surface area contributed by atoms with Gasteiger partial charge in [0.05, 0.1) is 5.41 Å². The molecule has 0 fully saturated rings. The van der Waals surface area contributed by atoms with Gasteiger partial charge in [0.15, 0.2) is 0 Å².